The van der Waals surface area contributed by atoms with E-state index in [1.54, 1.807) is 6.07 Å². The van der Waals surface area contributed by atoms with Gasteiger partial charge in [-0.3, -0.25) is 0 Å². The van der Waals surface area contributed by atoms with Gasteiger partial charge in [0.1, 0.15) is 18.2 Å². The average molecular weight is 258 g/mol. The van der Waals surface area contributed by atoms with E-state index in [-0.39, 0.29) is 11.9 Å². The SMILES string of the molecule is CNC(C)c1ccc(F)cc1OC/C(C)=C/Cl. The second-order valence-electron chi connectivity index (χ2n) is 3.94. The smallest absolute Gasteiger partial charge is 0.127 e. The molecule has 0 aliphatic carbocycles. The van der Waals surface area contributed by atoms with E-state index in [0.29, 0.717) is 12.4 Å². The van der Waals surface area contributed by atoms with Crippen molar-refractivity contribution in [2.24, 2.45) is 0 Å². The van der Waals surface area contributed by atoms with Gasteiger partial charge in [0, 0.05) is 23.2 Å². The molecule has 0 saturated carbocycles. The highest BCUT2D eigenvalue weighted by atomic mass is 35.5. The Kier molecular flexibility index (Phi) is 5.45. The van der Waals surface area contributed by atoms with Crippen molar-refractivity contribution in [2.45, 2.75) is 19.9 Å². The first kappa shape index (κ1) is 14.0. The minimum absolute atomic E-state index is 0.103. The lowest BCUT2D eigenvalue weighted by atomic mass is 10.1. The van der Waals surface area contributed by atoms with Crippen LogP contribution in [0.1, 0.15) is 25.5 Å². The number of benzene rings is 1. The van der Waals surface area contributed by atoms with Crippen molar-refractivity contribution < 1.29 is 9.13 Å². The van der Waals surface area contributed by atoms with Crippen LogP contribution in [0.3, 0.4) is 0 Å². The number of nitrogens with one attached hydrogen (secondary N) is 1. The Bertz CT molecular complexity index is 406. The fourth-order valence-electron chi connectivity index (χ4n) is 1.37. The summed E-state index contributed by atoms with van der Waals surface area (Å²) >= 11 is 5.55. The van der Waals surface area contributed by atoms with E-state index in [2.05, 4.69) is 5.32 Å². The molecule has 1 aromatic rings. The molecule has 0 saturated heterocycles. The largest absolute Gasteiger partial charge is 0.489 e. The molecule has 0 radical (unpaired) electrons. The molecule has 0 aliphatic heterocycles. The fourth-order valence-corrected chi connectivity index (χ4v) is 1.43. The van der Waals surface area contributed by atoms with Gasteiger partial charge in [-0.1, -0.05) is 17.7 Å². The summed E-state index contributed by atoms with van der Waals surface area (Å²) in [6.07, 6.45) is 0. The standard InChI is InChI=1S/C13H17ClFNO/c1-9(7-14)8-17-13-6-11(15)4-5-12(13)10(2)16-3/h4-7,10,16H,8H2,1-3H3/b9-7+. The molecule has 1 atom stereocenters. The van der Waals surface area contributed by atoms with Crippen molar-refractivity contribution in [1.82, 2.24) is 5.32 Å². The first-order chi connectivity index (χ1) is 8.08. The van der Waals surface area contributed by atoms with Gasteiger partial charge >= 0.3 is 0 Å². The minimum Gasteiger partial charge on any atom is -0.489 e. The van der Waals surface area contributed by atoms with Gasteiger partial charge in [0.25, 0.3) is 0 Å². The number of halogens is 2. The van der Waals surface area contributed by atoms with Crippen LogP contribution < -0.4 is 10.1 Å². The van der Waals surface area contributed by atoms with Gasteiger partial charge in [0.2, 0.25) is 0 Å². The molecule has 0 fully saturated rings. The Labute approximate surface area is 106 Å². The van der Waals surface area contributed by atoms with Crippen LogP contribution in [0.15, 0.2) is 29.3 Å². The Morgan fingerprint density at radius 2 is 2.29 bits per heavy atom. The fraction of sp³-hybridized carbons (Fsp3) is 0.385. The molecule has 94 valence electrons. The molecule has 1 N–H and O–H groups in total. The zero-order valence-electron chi connectivity index (χ0n) is 10.3. The van der Waals surface area contributed by atoms with E-state index in [4.69, 9.17) is 16.3 Å². The van der Waals surface area contributed by atoms with Crippen LogP contribution in [0.25, 0.3) is 0 Å². The molecule has 0 spiro atoms. The van der Waals surface area contributed by atoms with E-state index in [0.717, 1.165) is 11.1 Å². The highest BCUT2D eigenvalue weighted by molar-refractivity contribution is 6.25. The normalized spacial score (nSPS) is 13.6. The lowest BCUT2D eigenvalue weighted by molar-refractivity contribution is 0.342. The zero-order valence-corrected chi connectivity index (χ0v) is 11.0. The predicted octanol–water partition coefficient (Wildman–Crippen LogP) is 3.63. The van der Waals surface area contributed by atoms with Gasteiger partial charge in [-0.15, -0.1) is 0 Å². The second kappa shape index (κ2) is 6.62. The molecule has 4 heteroatoms. The Hall–Kier alpha value is -1.06. The van der Waals surface area contributed by atoms with Gasteiger partial charge in [-0.25, -0.2) is 4.39 Å². The van der Waals surface area contributed by atoms with Crippen LogP contribution in [-0.2, 0) is 0 Å². The molecule has 1 unspecified atom stereocenters. The van der Waals surface area contributed by atoms with E-state index in [1.807, 2.05) is 20.9 Å². The number of hydrogen-bond donors (Lipinski definition) is 1. The van der Waals surface area contributed by atoms with E-state index in [1.165, 1.54) is 17.7 Å². The van der Waals surface area contributed by atoms with Crippen molar-refractivity contribution in [1.29, 1.82) is 0 Å². The summed E-state index contributed by atoms with van der Waals surface area (Å²) in [6, 6.07) is 4.65. The van der Waals surface area contributed by atoms with Crippen LogP contribution in [0.2, 0.25) is 0 Å². The molecule has 0 aromatic heterocycles. The van der Waals surface area contributed by atoms with Gasteiger partial charge in [0.05, 0.1) is 0 Å². The number of ether oxygens (including phenoxy) is 1. The van der Waals surface area contributed by atoms with Crippen LogP contribution in [0.4, 0.5) is 4.39 Å². The maximum absolute atomic E-state index is 13.2. The minimum atomic E-state index is -0.306. The molecular weight excluding hydrogens is 241 g/mol. The average Bonchev–Trinajstić information content (AvgIpc) is 2.35. The Morgan fingerprint density at radius 3 is 2.88 bits per heavy atom. The topological polar surface area (TPSA) is 21.3 Å². The van der Waals surface area contributed by atoms with Crippen LogP contribution in [0.5, 0.6) is 5.75 Å². The highest BCUT2D eigenvalue weighted by Gasteiger charge is 2.11. The van der Waals surface area contributed by atoms with E-state index in [9.17, 15) is 4.39 Å². The lowest BCUT2D eigenvalue weighted by Gasteiger charge is -2.16. The van der Waals surface area contributed by atoms with Crippen molar-refractivity contribution in [3.8, 4) is 5.75 Å². The zero-order chi connectivity index (χ0) is 12.8. The summed E-state index contributed by atoms with van der Waals surface area (Å²) in [5.74, 6) is 0.240. The first-order valence-electron chi connectivity index (χ1n) is 5.43. The third kappa shape index (κ3) is 4.02. The molecule has 1 aromatic carbocycles. The highest BCUT2D eigenvalue weighted by Crippen LogP contribution is 2.26. The van der Waals surface area contributed by atoms with E-state index >= 15 is 0 Å². The summed E-state index contributed by atoms with van der Waals surface area (Å²) in [7, 11) is 1.85. The van der Waals surface area contributed by atoms with E-state index < -0.39 is 0 Å². The number of hydrogen-bond acceptors (Lipinski definition) is 2. The monoisotopic (exact) mass is 257 g/mol. The van der Waals surface area contributed by atoms with Gasteiger partial charge in [-0.05, 0) is 32.5 Å². The second-order valence-corrected chi connectivity index (χ2v) is 4.15. The Balaban J connectivity index is 2.91. The van der Waals surface area contributed by atoms with Crippen LogP contribution in [-0.4, -0.2) is 13.7 Å². The molecule has 0 bridgehead atoms. The third-order valence-electron chi connectivity index (χ3n) is 2.52. The van der Waals surface area contributed by atoms with Gasteiger partial charge < -0.3 is 10.1 Å². The van der Waals surface area contributed by atoms with Crippen molar-refractivity contribution in [2.75, 3.05) is 13.7 Å². The first-order valence-corrected chi connectivity index (χ1v) is 5.87. The molecular formula is C13H17ClFNO. The predicted molar refractivity (Wildman–Crippen MR) is 69.0 cm³/mol. The van der Waals surface area contributed by atoms with Crippen molar-refractivity contribution in [3.05, 3.63) is 40.7 Å². The Morgan fingerprint density at radius 1 is 1.59 bits per heavy atom. The quantitative estimate of drug-likeness (QED) is 0.870. The summed E-state index contributed by atoms with van der Waals surface area (Å²) < 4.78 is 18.7. The maximum Gasteiger partial charge on any atom is 0.127 e. The maximum atomic E-state index is 13.2. The molecule has 0 amide bonds. The molecule has 0 aliphatic rings. The number of rotatable bonds is 5. The third-order valence-corrected chi connectivity index (χ3v) is 2.89. The molecule has 0 heterocycles. The summed E-state index contributed by atoms with van der Waals surface area (Å²) in [5.41, 5.74) is 3.27. The van der Waals surface area contributed by atoms with Crippen molar-refractivity contribution >= 4 is 11.6 Å². The van der Waals surface area contributed by atoms with Crippen LogP contribution >= 0.6 is 11.6 Å². The molecule has 1 rings (SSSR count). The molecule has 17 heavy (non-hydrogen) atoms. The van der Waals surface area contributed by atoms with Gasteiger partial charge in [-0.2, -0.15) is 0 Å². The van der Waals surface area contributed by atoms with Crippen LogP contribution in [0, 0.1) is 5.82 Å². The lowest BCUT2D eigenvalue weighted by Crippen LogP contribution is -2.14. The van der Waals surface area contributed by atoms with Crippen molar-refractivity contribution in [3.63, 3.8) is 0 Å². The summed E-state index contributed by atoms with van der Waals surface area (Å²) in [5, 5.41) is 3.10. The molecule has 2 nitrogen and oxygen atoms in total. The van der Waals surface area contributed by atoms with Gasteiger partial charge in [0.15, 0.2) is 0 Å². The summed E-state index contributed by atoms with van der Waals surface area (Å²) in [6.45, 7) is 4.20. The summed E-state index contributed by atoms with van der Waals surface area (Å²) in [4.78, 5) is 0.